The first-order valence-corrected chi connectivity index (χ1v) is 5.73. The number of nitrogens with two attached hydrogens (primary N) is 1. The van der Waals surface area contributed by atoms with E-state index in [1.807, 2.05) is 0 Å². The number of rotatable bonds is 5. The number of amides is 1. The van der Waals surface area contributed by atoms with E-state index in [9.17, 15) is 4.79 Å². The van der Waals surface area contributed by atoms with E-state index in [0.29, 0.717) is 23.6 Å². The van der Waals surface area contributed by atoms with Gasteiger partial charge in [-0.2, -0.15) is 0 Å². The average Bonchev–Trinajstić information content (AvgIpc) is 2.36. The molecule has 0 fully saturated rings. The van der Waals surface area contributed by atoms with Crippen molar-refractivity contribution in [2.45, 2.75) is 19.4 Å². The Morgan fingerprint density at radius 1 is 1.39 bits per heavy atom. The van der Waals surface area contributed by atoms with Gasteiger partial charge in [-0.05, 0) is 19.1 Å². The maximum absolute atomic E-state index is 11.9. The Labute approximate surface area is 107 Å². The summed E-state index contributed by atoms with van der Waals surface area (Å²) >= 11 is 0. The molecule has 0 bridgehead atoms. The minimum Gasteiger partial charge on any atom is -0.497 e. The highest BCUT2D eigenvalue weighted by molar-refractivity contribution is 5.94. The highest BCUT2D eigenvalue weighted by Gasteiger charge is 2.16. The van der Waals surface area contributed by atoms with Gasteiger partial charge >= 0.3 is 0 Å². The lowest BCUT2D eigenvalue weighted by Gasteiger charge is -2.21. The molecule has 0 aliphatic carbocycles. The molecule has 0 saturated carbocycles. The molecule has 0 spiro atoms. The molecule has 0 heterocycles. The van der Waals surface area contributed by atoms with Gasteiger partial charge in [-0.1, -0.05) is 0 Å². The van der Waals surface area contributed by atoms with Crippen LogP contribution >= 0.6 is 0 Å². The summed E-state index contributed by atoms with van der Waals surface area (Å²) in [5.74, 6) is 1.23. The first kappa shape index (κ1) is 14.3. The van der Waals surface area contributed by atoms with Gasteiger partial charge in [0.2, 0.25) is 5.91 Å². The van der Waals surface area contributed by atoms with Gasteiger partial charge in [-0.25, -0.2) is 0 Å². The maximum atomic E-state index is 11.9. The summed E-state index contributed by atoms with van der Waals surface area (Å²) in [4.78, 5) is 13.5. The first-order chi connectivity index (χ1) is 8.49. The molecule has 5 nitrogen and oxygen atoms in total. The zero-order valence-electron chi connectivity index (χ0n) is 11.3. The molecule has 1 amide bonds. The Bertz CT molecular complexity index is 419. The molecule has 100 valence electrons. The highest BCUT2D eigenvalue weighted by Crippen LogP contribution is 2.31. The minimum absolute atomic E-state index is 0.0477. The Morgan fingerprint density at radius 2 is 2.06 bits per heavy atom. The zero-order valence-corrected chi connectivity index (χ0v) is 11.3. The van der Waals surface area contributed by atoms with Crippen LogP contribution in [0.4, 0.5) is 5.69 Å². The Morgan fingerprint density at radius 3 is 2.56 bits per heavy atom. The molecule has 18 heavy (non-hydrogen) atoms. The third-order valence-electron chi connectivity index (χ3n) is 2.62. The van der Waals surface area contributed by atoms with Crippen LogP contribution in [0.25, 0.3) is 0 Å². The second kappa shape index (κ2) is 6.26. The van der Waals surface area contributed by atoms with Crippen molar-refractivity contribution in [3.8, 4) is 11.5 Å². The predicted molar refractivity (Wildman–Crippen MR) is 71.2 cm³/mol. The molecule has 0 aliphatic rings. The van der Waals surface area contributed by atoms with Crippen LogP contribution in [0.3, 0.4) is 0 Å². The van der Waals surface area contributed by atoms with Crippen molar-refractivity contribution in [3.05, 3.63) is 18.2 Å². The summed E-state index contributed by atoms with van der Waals surface area (Å²) in [7, 11) is 4.84. The van der Waals surface area contributed by atoms with E-state index in [-0.39, 0.29) is 11.9 Å². The molecule has 0 radical (unpaired) electrons. The molecule has 2 N–H and O–H groups in total. The van der Waals surface area contributed by atoms with Crippen LogP contribution in [0.2, 0.25) is 0 Å². The normalized spacial score (nSPS) is 11.8. The van der Waals surface area contributed by atoms with Crippen molar-refractivity contribution >= 4 is 11.6 Å². The standard InChI is InChI=1S/C13H20N2O3/c1-9(14)7-13(16)15(2)11-6-5-10(17-3)8-12(11)18-4/h5-6,8-9H,7,14H2,1-4H3. The van der Waals surface area contributed by atoms with Crippen molar-refractivity contribution in [2.24, 2.45) is 5.73 Å². The summed E-state index contributed by atoms with van der Waals surface area (Å²) < 4.78 is 10.4. The number of anilines is 1. The summed E-state index contributed by atoms with van der Waals surface area (Å²) in [5, 5.41) is 0. The van der Waals surface area contributed by atoms with Gasteiger partial charge in [0.1, 0.15) is 11.5 Å². The SMILES string of the molecule is COc1ccc(N(C)C(=O)CC(C)N)c(OC)c1. The Hall–Kier alpha value is -1.75. The third kappa shape index (κ3) is 3.37. The average molecular weight is 252 g/mol. The number of benzene rings is 1. The molecular formula is C13H20N2O3. The number of ether oxygens (including phenoxy) is 2. The molecule has 1 unspecified atom stereocenters. The number of carbonyl (C=O) groups excluding carboxylic acids is 1. The quantitative estimate of drug-likeness (QED) is 0.860. The second-order valence-corrected chi connectivity index (χ2v) is 4.17. The molecule has 1 aromatic rings. The van der Waals surface area contributed by atoms with E-state index < -0.39 is 0 Å². The lowest BCUT2D eigenvalue weighted by molar-refractivity contribution is -0.118. The number of methoxy groups -OCH3 is 2. The van der Waals surface area contributed by atoms with Crippen LogP contribution in [0.15, 0.2) is 18.2 Å². The van der Waals surface area contributed by atoms with Crippen LogP contribution in [-0.4, -0.2) is 33.2 Å². The molecule has 5 heteroatoms. The van der Waals surface area contributed by atoms with Gasteiger partial charge in [0.25, 0.3) is 0 Å². The molecule has 1 aromatic carbocycles. The van der Waals surface area contributed by atoms with Crippen LogP contribution in [0, 0.1) is 0 Å². The van der Waals surface area contributed by atoms with Crippen molar-refractivity contribution in [2.75, 3.05) is 26.2 Å². The van der Waals surface area contributed by atoms with E-state index in [2.05, 4.69) is 0 Å². The van der Waals surface area contributed by atoms with Crippen LogP contribution in [0.1, 0.15) is 13.3 Å². The van der Waals surface area contributed by atoms with E-state index in [1.54, 1.807) is 51.3 Å². The van der Waals surface area contributed by atoms with Crippen LogP contribution in [0.5, 0.6) is 11.5 Å². The third-order valence-corrected chi connectivity index (χ3v) is 2.62. The lowest BCUT2D eigenvalue weighted by atomic mass is 10.2. The highest BCUT2D eigenvalue weighted by atomic mass is 16.5. The topological polar surface area (TPSA) is 64.8 Å². The fourth-order valence-corrected chi connectivity index (χ4v) is 1.61. The van der Waals surface area contributed by atoms with E-state index in [4.69, 9.17) is 15.2 Å². The second-order valence-electron chi connectivity index (χ2n) is 4.17. The molecular weight excluding hydrogens is 232 g/mol. The molecule has 1 atom stereocenters. The Balaban J connectivity index is 2.97. The van der Waals surface area contributed by atoms with E-state index >= 15 is 0 Å². The maximum Gasteiger partial charge on any atom is 0.228 e. The van der Waals surface area contributed by atoms with Gasteiger partial charge in [0, 0.05) is 25.6 Å². The van der Waals surface area contributed by atoms with Crippen molar-refractivity contribution in [1.82, 2.24) is 0 Å². The largest absolute Gasteiger partial charge is 0.497 e. The summed E-state index contributed by atoms with van der Waals surface area (Å²) in [6.45, 7) is 1.80. The number of carbonyl (C=O) groups is 1. The molecule has 1 rings (SSSR count). The molecule has 0 saturated heterocycles. The summed E-state index contributed by atoms with van der Waals surface area (Å²) in [5.41, 5.74) is 6.32. The summed E-state index contributed by atoms with van der Waals surface area (Å²) in [6.07, 6.45) is 0.297. The lowest BCUT2D eigenvalue weighted by Crippen LogP contribution is -2.32. The van der Waals surface area contributed by atoms with E-state index in [1.165, 1.54) is 0 Å². The van der Waals surface area contributed by atoms with Gasteiger partial charge < -0.3 is 20.1 Å². The van der Waals surface area contributed by atoms with Crippen molar-refractivity contribution in [3.63, 3.8) is 0 Å². The smallest absolute Gasteiger partial charge is 0.228 e. The first-order valence-electron chi connectivity index (χ1n) is 5.73. The number of hydrogen-bond acceptors (Lipinski definition) is 4. The Kier molecular flexibility index (Phi) is 4.97. The van der Waals surface area contributed by atoms with Gasteiger partial charge in [0.05, 0.1) is 19.9 Å². The number of hydrogen-bond donors (Lipinski definition) is 1. The fraction of sp³-hybridized carbons (Fsp3) is 0.462. The van der Waals surface area contributed by atoms with E-state index in [0.717, 1.165) is 0 Å². The van der Waals surface area contributed by atoms with Gasteiger partial charge in [-0.15, -0.1) is 0 Å². The zero-order chi connectivity index (χ0) is 13.7. The number of nitrogens with zero attached hydrogens (tertiary/aromatic N) is 1. The monoisotopic (exact) mass is 252 g/mol. The predicted octanol–water partition coefficient (Wildman–Crippen LogP) is 1.40. The van der Waals surface area contributed by atoms with Crippen LogP contribution in [-0.2, 0) is 4.79 Å². The molecule has 0 aromatic heterocycles. The van der Waals surface area contributed by atoms with Gasteiger partial charge in [0.15, 0.2) is 0 Å². The van der Waals surface area contributed by atoms with Crippen LogP contribution < -0.4 is 20.1 Å². The molecule has 0 aliphatic heterocycles. The van der Waals surface area contributed by atoms with Gasteiger partial charge in [-0.3, -0.25) is 4.79 Å². The van der Waals surface area contributed by atoms with Crippen molar-refractivity contribution < 1.29 is 14.3 Å². The summed E-state index contributed by atoms with van der Waals surface area (Å²) in [6, 6.07) is 5.15. The fourth-order valence-electron chi connectivity index (χ4n) is 1.61. The minimum atomic E-state index is -0.163. The van der Waals surface area contributed by atoms with Crippen molar-refractivity contribution in [1.29, 1.82) is 0 Å².